The van der Waals surface area contributed by atoms with Gasteiger partial charge in [0.1, 0.15) is 5.82 Å². The standard InChI is InChI=1S/C20H20N6O3/c1-12-14(20(29)25-18(24-12)13-3-2-7-21-9-13)4-5-17(27)26-8-6-16-15(10-26)19(28)23-11-22-16/h2-3,7,9,11H,4-6,8,10H2,1H3,(H,22,23,28)(H,24,25,29). The van der Waals surface area contributed by atoms with Crippen LogP contribution in [0.2, 0.25) is 0 Å². The molecule has 148 valence electrons. The Morgan fingerprint density at radius 3 is 2.90 bits per heavy atom. The van der Waals surface area contributed by atoms with Gasteiger partial charge in [0.05, 0.1) is 24.1 Å². The van der Waals surface area contributed by atoms with Crippen LogP contribution in [0.15, 0.2) is 40.4 Å². The van der Waals surface area contributed by atoms with Crippen LogP contribution in [0.4, 0.5) is 0 Å². The number of amides is 1. The third-order valence-corrected chi connectivity index (χ3v) is 5.10. The molecule has 1 aliphatic rings. The van der Waals surface area contributed by atoms with Crippen molar-refractivity contribution in [3.05, 3.63) is 74.1 Å². The maximum absolute atomic E-state index is 12.7. The number of nitrogens with one attached hydrogen (secondary N) is 2. The fourth-order valence-electron chi connectivity index (χ4n) is 3.50. The second kappa shape index (κ2) is 7.78. The molecule has 0 spiro atoms. The predicted octanol–water partition coefficient (Wildman–Crippen LogP) is 0.741. The van der Waals surface area contributed by atoms with Gasteiger partial charge >= 0.3 is 0 Å². The van der Waals surface area contributed by atoms with Crippen LogP contribution < -0.4 is 11.1 Å². The van der Waals surface area contributed by atoms with Crippen LogP contribution >= 0.6 is 0 Å². The van der Waals surface area contributed by atoms with Gasteiger partial charge in [-0.2, -0.15) is 0 Å². The van der Waals surface area contributed by atoms with Gasteiger partial charge in [0.15, 0.2) is 0 Å². The molecule has 4 heterocycles. The number of fused-ring (bicyclic) bond motifs is 1. The van der Waals surface area contributed by atoms with Crippen molar-refractivity contribution in [3.8, 4) is 11.4 Å². The topological polar surface area (TPSA) is 125 Å². The number of H-pyrrole nitrogens is 2. The minimum absolute atomic E-state index is 0.103. The van der Waals surface area contributed by atoms with Crippen molar-refractivity contribution < 1.29 is 4.79 Å². The lowest BCUT2D eigenvalue weighted by atomic mass is 10.1. The van der Waals surface area contributed by atoms with Crippen molar-refractivity contribution >= 4 is 5.91 Å². The summed E-state index contributed by atoms with van der Waals surface area (Å²) in [6, 6.07) is 3.59. The van der Waals surface area contributed by atoms with Crippen LogP contribution in [0.25, 0.3) is 11.4 Å². The predicted molar refractivity (Wildman–Crippen MR) is 105 cm³/mol. The lowest BCUT2D eigenvalue weighted by molar-refractivity contribution is -0.132. The van der Waals surface area contributed by atoms with Crippen LogP contribution in [-0.2, 0) is 24.2 Å². The fraction of sp³-hybridized carbons (Fsp3) is 0.300. The Kier molecular flexibility index (Phi) is 5.03. The summed E-state index contributed by atoms with van der Waals surface area (Å²) in [6.07, 6.45) is 5.67. The summed E-state index contributed by atoms with van der Waals surface area (Å²) in [5.74, 6) is 0.351. The second-order valence-electron chi connectivity index (χ2n) is 6.94. The summed E-state index contributed by atoms with van der Waals surface area (Å²) in [5, 5.41) is 0. The van der Waals surface area contributed by atoms with Gasteiger partial charge in [-0.3, -0.25) is 19.4 Å². The van der Waals surface area contributed by atoms with E-state index in [-0.39, 0.29) is 36.4 Å². The van der Waals surface area contributed by atoms with Gasteiger partial charge in [0, 0.05) is 48.6 Å². The zero-order valence-electron chi connectivity index (χ0n) is 15.9. The lowest BCUT2D eigenvalue weighted by Gasteiger charge is -2.27. The van der Waals surface area contributed by atoms with Crippen molar-refractivity contribution in [2.45, 2.75) is 32.7 Å². The van der Waals surface area contributed by atoms with Gasteiger partial charge in [-0.15, -0.1) is 0 Å². The maximum Gasteiger partial charge on any atom is 0.255 e. The van der Waals surface area contributed by atoms with E-state index in [4.69, 9.17) is 0 Å². The first-order valence-corrected chi connectivity index (χ1v) is 9.36. The van der Waals surface area contributed by atoms with Gasteiger partial charge in [-0.1, -0.05) is 0 Å². The molecular weight excluding hydrogens is 372 g/mol. The van der Waals surface area contributed by atoms with Crippen LogP contribution in [-0.4, -0.2) is 42.3 Å². The zero-order valence-corrected chi connectivity index (χ0v) is 15.9. The number of aromatic nitrogens is 5. The second-order valence-corrected chi connectivity index (χ2v) is 6.94. The number of rotatable bonds is 4. The first-order valence-electron chi connectivity index (χ1n) is 9.36. The normalized spacial score (nSPS) is 13.2. The van der Waals surface area contributed by atoms with E-state index in [1.165, 1.54) is 6.33 Å². The summed E-state index contributed by atoms with van der Waals surface area (Å²) in [4.78, 5) is 56.8. The summed E-state index contributed by atoms with van der Waals surface area (Å²) < 4.78 is 0. The number of hydrogen-bond donors (Lipinski definition) is 2. The molecule has 3 aromatic heterocycles. The maximum atomic E-state index is 12.7. The van der Waals surface area contributed by atoms with Crippen molar-refractivity contribution in [2.75, 3.05) is 6.54 Å². The molecule has 4 rings (SSSR count). The Hall–Kier alpha value is -3.62. The Morgan fingerprint density at radius 1 is 1.28 bits per heavy atom. The van der Waals surface area contributed by atoms with Crippen LogP contribution in [0.3, 0.4) is 0 Å². The molecule has 1 aliphatic heterocycles. The van der Waals surface area contributed by atoms with E-state index >= 15 is 0 Å². The minimum Gasteiger partial charge on any atom is -0.338 e. The highest BCUT2D eigenvalue weighted by molar-refractivity contribution is 5.76. The SMILES string of the molecule is Cc1nc(-c2cccnc2)[nH]c(=O)c1CCC(=O)N1CCc2nc[nH]c(=O)c2C1. The highest BCUT2D eigenvalue weighted by atomic mass is 16.2. The van der Waals surface area contributed by atoms with Crippen LogP contribution in [0.5, 0.6) is 0 Å². The monoisotopic (exact) mass is 392 g/mol. The van der Waals surface area contributed by atoms with Gasteiger partial charge in [-0.25, -0.2) is 9.97 Å². The smallest absolute Gasteiger partial charge is 0.255 e. The summed E-state index contributed by atoms with van der Waals surface area (Å²) >= 11 is 0. The third kappa shape index (κ3) is 3.84. The van der Waals surface area contributed by atoms with Crippen LogP contribution in [0, 0.1) is 6.92 Å². The third-order valence-electron chi connectivity index (χ3n) is 5.10. The van der Waals surface area contributed by atoms with Crippen molar-refractivity contribution in [1.82, 2.24) is 29.8 Å². The van der Waals surface area contributed by atoms with Gasteiger partial charge in [0.25, 0.3) is 11.1 Å². The number of pyridine rings is 1. The summed E-state index contributed by atoms with van der Waals surface area (Å²) in [6.45, 7) is 2.51. The van der Waals surface area contributed by atoms with E-state index in [0.29, 0.717) is 35.6 Å². The number of aromatic amines is 2. The molecule has 0 fully saturated rings. The van der Waals surface area contributed by atoms with E-state index in [2.05, 4.69) is 24.9 Å². The molecular formula is C20H20N6O3. The highest BCUT2D eigenvalue weighted by Gasteiger charge is 2.24. The largest absolute Gasteiger partial charge is 0.338 e. The number of carbonyl (C=O) groups excluding carboxylic acids is 1. The Morgan fingerprint density at radius 2 is 2.14 bits per heavy atom. The molecule has 9 heteroatoms. The zero-order chi connectivity index (χ0) is 20.4. The Balaban J connectivity index is 1.47. The summed E-state index contributed by atoms with van der Waals surface area (Å²) in [5.41, 5.74) is 2.60. The highest BCUT2D eigenvalue weighted by Crippen LogP contribution is 2.16. The molecule has 0 aromatic carbocycles. The van der Waals surface area contributed by atoms with Gasteiger partial charge in [0.2, 0.25) is 5.91 Å². The molecule has 0 bridgehead atoms. The summed E-state index contributed by atoms with van der Waals surface area (Å²) in [7, 11) is 0. The number of nitrogens with zero attached hydrogens (tertiary/aromatic N) is 4. The molecule has 0 saturated heterocycles. The minimum atomic E-state index is -0.256. The molecule has 9 nitrogen and oxygen atoms in total. The average Bonchev–Trinajstić information content (AvgIpc) is 2.73. The molecule has 0 unspecified atom stereocenters. The first kappa shape index (κ1) is 18.7. The van der Waals surface area contributed by atoms with Crippen molar-refractivity contribution in [3.63, 3.8) is 0 Å². The van der Waals surface area contributed by atoms with E-state index in [1.807, 2.05) is 6.07 Å². The first-order chi connectivity index (χ1) is 14.0. The molecule has 1 amide bonds. The molecule has 0 radical (unpaired) electrons. The van der Waals surface area contributed by atoms with E-state index in [9.17, 15) is 14.4 Å². The van der Waals surface area contributed by atoms with Crippen LogP contribution in [0.1, 0.15) is 28.9 Å². The van der Waals surface area contributed by atoms with E-state index in [1.54, 1.807) is 30.3 Å². The molecule has 2 N–H and O–H groups in total. The van der Waals surface area contributed by atoms with E-state index in [0.717, 1.165) is 11.3 Å². The van der Waals surface area contributed by atoms with Gasteiger partial charge < -0.3 is 14.9 Å². The quantitative estimate of drug-likeness (QED) is 0.675. The Labute approximate surface area is 165 Å². The molecule has 0 aliphatic carbocycles. The average molecular weight is 392 g/mol. The van der Waals surface area contributed by atoms with E-state index < -0.39 is 0 Å². The Bertz CT molecular complexity index is 1170. The number of carbonyl (C=O) groups is 1. The molecule has 29 heavy (non-hydrogen) atoms. The number of hydrogen-bond acceptors (Lipinski definition) is 6. The van der Waals surface area contributed by atoms with Crippen molar-refractivity contribution in [1.29, 1.82) is 0 Å². The fourth-order valence-corrected chi connectivity index (χ4v) is 3.50. The van der Waals surface area contributed by atoms with Gasteiger partial charge in [-0.05, 0) is 25.5 Å². The van der Waals surface area contributed by atoms with Crippen molar-refractivity contribution in [2.24, 2.45) is 0 Å². The molecule has 0 atom stereocenters. The number of aryl methyl sites for hydroxylation is 1. The lowest BCUT2D eigenvalue weighted by Crippen LogP contribution is -2.39. The molecule has 3 aromatic rings. The molecule has 0 saturated carbocycles.